The quantitative estimate of drug-likeness (QED) is 0.669. The molecule has 0 fully saturated rings. The molecule has 0 aliphatic rings. The number of para-hydroxylation sites is 1. The monoisotopic (exact) mass is 405 g/mol. The van der Waals surface area contributed by atoms with Crippen molar-refractivity contribution in [3.8, 4) is 11.5 Å². The maximum absolute atomic E-state index is 11.9. The van der Waals surface area contributed by atoms with Crippen LogP contribution in [0, 0.1) is 13.8 Å². The van der Waals surface area contributed by atoms with Crippen molar-refractivity contribution < 1.29 is 14.3 Å². The summed E-state index contributed by atoms with van der Waals surface area (Å²) in [4.78, 5) is 11.9. The van der Waals surface area contributed by atoms with Crippen LogP contribution in [0.4, 0.5) is 0 Å². The zero-order chi connectivity index (χ0) is 18.2. The Morgan fingerprint density at radius 1 is 1.16 bits per heavy atom. The predicted molar refractivity (Wildman–Crippen MR) is 103 cm³/mol. The molecule has 134 valence electrons. The molecule has 5 heteroatoms. The van der Waals surface area contributed by atoms with Crippen molar-refractivity contribution in [1.82, 2.24) is 5.32 Å². The van der Waals surface area contributed by atoms with E-state index in [0.717, 1.165) is 39.8 Å². The van der Waals surface area contributed by atoms with Crippen LogP contribution in [0.3, 0.4) is 0 Å². The van der Waals surface area contributed by atoms with Crippen LogP contribution in [-0.2, 0) is 11.2 Å². The topological polar surface area (TPSA) is 47.6 Å². The molecule has 2 aromatic rings. The van der Waals surface area contributed by atoms with Gasteiger partial charge in [0.2, 0.25) is 0 Å². The molecule has 0 unspecified atom stereocenters. The van der Waals surface area contributed by atoms with Gasteiger partial charge in [-0.2, -0.15) is 0 Å². The van der Waals surface area contributed by atoms with Gasteiger partial charge in [0.05, 0.1) is 7.11 Å². The van der Waals surface area contributed by atoms with Crippen molar-refractivity contribution in [2.24, 2.45) is 0 Å². The highest BCUT2D eigenvalue weighted by molar-refractivity contribution is 9.10. The molecule has 0 saturated heterocycles. The van der Waals surface area contributed by atoms with Crippen LogP contribution in [0.2, 0.25) is 0 Å². The number of amides is 1. The average Bonchev–Trinajstić information content (AvgIpc) is 2.61. The number of rotatable bonds is 8. The van der Waals surface area contributed by atoms with E-state index in [1.807, 2.05) is 50.2 Å². The first-order chi connectivity index (χ1) is 12.0. The molecule has 25 heavy (non-hydrogen) atoms. The molecular weight excluding hydrogens is 382 g/mol. The van der Waals surface area contributed by atoms with Gasteiger partial charge in [-0.25, -0.2) is 0 Å². The third kappa shape index (κ3) is 5.78. The number of halogens is 1. The molecule has 0 aliphatic carbocycles. The Morgan fingerprint density at radius 2 is 1.84 bits per heavy atom. The lowest BCUT2D eigenvalue weighted by Gasteiger charge is -2.11. The number of hydrogen-bond donors (Lipinski definition) is 1. The van der Waals surface area contributed by atoms with Crippen LogP contribution in [0.1, 0.15) is 23.1 Å². The third-order valence-corrected chi connectivity index (χ3v) is 5.17. The molecule has 0 aliphatic heterocycles. The van der Waals surface area contributed by atoms with Gasteiger partial charge >= 0.3 is 0 Å². The minimum Gasteiger partial charge on any atom is -0.496 e. The van der Waals surface area contributed by atoms with Crippen molar-refractivity contribution in [2.75, 3.05) is 20.3 Å². The normalized spacial score (nSPS) is 10.4. The summed E-state index contributed by atoms with van der Waals surface area (Å²) in [6, 6.07) is 11.8. The molecule has 0 heterocycles. The second kappa shape index (κ2) is 9.47. The second-order valence-corrected chi connectivity index (χ2v) is 6.72. The Bertz CT molecular complexity index is 708. The van der Waals surface area contributed by atoms with Gasteiger partial charge in [-0.1, -0.05) is 34.1 Å². The number of hydrogen-bond acceptors (Lipinski definition) is 3. The highest BCUT2D eigenvalue weighted by Gasteiger charge is 2.07. The SMILES string of the molecule is COc1ccccc1CCCNC(=O)COc1cc(C)c(Br)c(C)c1. The van der Waals surface area contributed by atoms with Crippen molar-refractivity contribution >= 4 is 21.8 Å². The summed E-state index contributed by atoms with van der Waals surface area (Å²) in [6.07, 6.45) is 1.71. The predicted octanol–water partition coefficient (Wildman–Crippen LogP) is 4.20. The van der Waals surface area contributed by atoms with Gasteiger partial charge in [-0.15, -0.1) is 0 Å². The number of carbonyl (C=O) groups is 1. The van der Waals surface area contributed by atoms with E-state index in [-0.39, 0.29) is 12.5 Å². The highest BCUT2D eigenvalue weighted by Crippen LogP contribution is 2.26. The molecule has 0 atom stereocenters. The first kappa shape index (κ1) is 19.3. The lowest BCUT2D eigenvalue weighted by Crippen LogP contribution is -2.29. The van der Waals surface area contributed by atoms with E-state index in [1.54, 1.807) is 7.11 Å². The Balaban J connectivity index is 1.72. The number of aryl methyl sites for hydroxylation is 3. The van der Waals surface area contributed by atoms with Crippen molar-refractivity contribution in [1.29, 1.82) is 0 Å². The Kier molecular flexibility index (Phi) is 7.31. The summed E-state index contributed by atoms with van der Waals surface area (Å²) in [5.41, 5.74) is 3.33. The summed E-state index contributed by atoms with van der Waals surface area (Å²) in [5.74, 6) is 1.48. The fraction of sp³-hybridized carbons (Fsp3) is 0.350. The molecule has 0 saturated carbocycles. The number of methoxy groups -OCH3 is 1. The highest BCUT2D eigenvalue weighted by atomic mass is 79.9. The van der Waals surface area contributed by atoms with Gasteiger partial charge in [0.1, 0.15) is 11.5 Å². The van der Waals surface area contributed by atoms with Crippen LogP contribution in [0.5, 0.6) is 11.5 Å². The van der Waals surface area contributed by atoms with Crippen LogP contribution in [0.15, 0.2) is 40.9 Å². The van der Waals surface area contributed by atoms with Gasteiger partial charge in [-0.05, 0) is 61.6 Å². The van der Waals surface area contributed by atoms with Crippen LogP contribution in [0.25, 0.3) is 0 Å². The summed E-state index contributed by atoms with van der Waals surface area (Å²) in [7, 11) is 1.67. The van der Waals surface area contributed by atoms with Crippen molar-refractivity contribution in [3.05, 3.63) is 57.6 Å². The van der Waals surface area contributed by atoms with E-state index < -0.39 is 0 Å². The number of ether oxygens (including phenoxy) is 2. The van der Waals surface area contributed by atoms with Gasteiger partial charge in [0, 0.05) is 11.0 Å². The van der Waals surface area contributed by atoms with Gasteiger partial charge in [-0.3, -0.25) is 4.79 Å². The fourth-order valence-electron chi connectivity index (χ4n) is 2.61. The van der Waals surface area contributed by atoms with E-state index >= 15 is 0 Å². The second-order valence-electron chi connectivity index (χ2n) is 5.93. The van der Waals surface area contributed by atoms with Gasteiger partial charge in [0.25, 0.3) is 5.91 Å². The minimum atomic E-state index is -0.113. The molecule has 0 radical (unpaired) electrons. The molecule has 0 spiro atoms. The summed E-state index contributed by atoms with van der Waals surface area (Å²) in [6.45, 7) is 4.64. The van der Waals surface area contributed by atoms with E-state index in [9.17, 15) is 4.79 Å². The molecule has 4 nitrogen and oxygen atoms in total. The Morgan fingerprint density at radius 3 is 2.52 bits per heavy atom. The maximum Gasteiger partial charge on any atom is 0.257 e. The van der Waals surface area contributed by atoms with E-state index in [0.29, 0.717) is 12.3 Å². The van der Waals surface area contributed by atoms with E-state index in [2.05, 4.69) is 21.2 Å². The summed E-state index contributed by atoms with van der Waals surface area (Å²) >= 11 is 3.52. The largest absolute Gasteiger partial charge is 0.496 e. The number of nitrogens with one attached hydrogen (secondary N) is 1. The third-order valence-electron chi connectivity index (χ3n) is 3.92. The number of carbonyl (C=O) groups excluding carboxylic acids is 1. The first-order valence-electron chi connectivity index (χ1n) is 8.29. The zero-order valence-electron chi connectivity index (χ0n) is 14.9. The van der Waals surface area contributed by atoms with Crippen LogP contribution >= 0.6 is 15.9 Å². The molecular formula is C20H24BrNO3. The molecule has 2 aromatic carbocycles. The van der Waals surface area contributed by atoms with Gasteiger partial charge in [0.15, 0.2) is 6.61 Å². The zero-order valence-corrected chi connectivity index (χ0v) is 16.5. The number of benzene rings is 2. The molecule has 0 aromatic heterocycles. The van der Waals surface area contributed by atoms with Crippen molar-refractivity contribution in [3.63, 3.8) is 0 Å². The Labute approximate surface area is 157 Å². The molecule has 0 bridgehead atoms. The first-order valence-corrected chi connectivity index (χ1v) is 9.08. The lowest BCUT2D eigenvalue weighted by molar-refractivity contribution is -0.123. The maximum atomic E-state index is 11.9. The summed E-state index contributed by atoms with van der Waals surface area (Å²) < 4.78 is 12.0. The van der Waals surface area contributed by atoms with Gasteiger partial charge < -0.3 is 14.8 Å². The van der Waals surface area contributed by atoms with Crippen LogP contribution < -0.4 is 14.8 Å². The van der Waals surface area contributed by atoms with Crippen LogP contribution in [-0.4, -0.2) is 26.2 Å². The minimum absolute atomic E-state index is 0.0230. The molecule has 2 rings (SSSR count). The molecule has 1 N–H and O–H groups in total. The smallest absolute Gasteiger partial charge is 0.257 e. The van der Waals surface area contributed by atoms with E-state index in [1.165, 1.54) is 0 Å². The Hall–Kier alpha value is -2.01. The van der Waals surface area contributed by atoms with Crippen molar-refractivity contribution in [2.45, 2.75) is 26.7 Å². The lowest BCUT2D eigenvalue weighted by atomic mass is 10.1. The van der Waals surface area contributed by atoms with E-state index in [4.69, 9.17) is 9.47 Å². The fourth-order valence-corrected chi connectivity index (χ4v) is 2.83. The summed E-state index contributed by atoms with van der Waals surface area (Å²) in [5, 5.41) is 2.89. The molecule has 1 amide bonds. The average molecular weight is 406 g/mol. The standard InChI is InChI=1S/C20H24BrNO3/c1-14-11-17(12-15(2)20(14)21)25-13-19(23)22-10-6-8-16-7-4-5-9-18(16)24-3/h4-5,7,9,11-12H,6,8,10,13H2,1-3H3,(H,22,23).